The first kappa shape index (κ1) is 9.23. The summed E-state index contributed by atoms with van der Waals surface area (Å²) in [7, 11) is 1.65. The van der Waals surface area contributed by atoms with Gasteiger partial charge in [0.25, 0.3) is 0 Å². The van der Waals surface area contributed by atoms with Crippen LogP contribution in [0.2, 0.25) is 0 Å². The van der Waals surface area contributed by atoms with Crippen molar-refractivity contribution in [2.75, 3.05) is 12.8 Å². The van der Waals surface area contributed by atoms with Crippen molar-refractivity contribution >= 4 is 17.2 Å². The van der Waals surface area contributed by atoms with E-state index in [1.165, 1.54) is 0 Å². The van der Waals surface area contributed by atoms with E-state index >= 15 is 0 Å². The minimum Gasteiger partial charge on any atom is -0.382 e. The fourth-order valence-electron chi connectivity index (χ4n) is 1.34. The second-order valence-corrected chi connectivity index (χ2v) is 3.82. The summed E-state index contributed by atoms with van der Waals surface area (Å²) in [6.45, 7) is 0.497. The molecule has 0 atom stereocenters. The first-order chi connectivity index (χ1) is 6.83. The molecule has 14 heavy (non-hydrogen) atoms. The Kier molecular flexibility index (Phi) is 2.51. The molecule has 0 aromatic carbocycles. The number of aromatic nitrogens is 2. The summed E-state index contributed by atoms with van der Waals surface area (Å²) >= 11 is 1.64. The molecule has 4 nitrogen and oxygen atoms in total. The van der Waals surface area contributed by atoms with Gasteiger partial charge in [0.15, 0.2) is 5.82 Å². The topological polar surface area (TPSA) is 63.9 Å². The van der Waals surface area contributed by atoms with Crippen LogP contribution in [-0.4, -0.2) is 17.3 Å². The van der Waals surface area contributed by atoms with Gasteiger partial charge in [-0.1, -0.05) is 6.07 Å². The van der Waals surface area contributed by atoms with Crippen LogP contribution in [0.3, 0.4) is 0 Å². The third-order valence-corrected chi connectivity index (χ3v) is 2.81. The van der Waals surface area contributed by atoms with E-state index in [1.54, 1.807) is 18.4 Å². The van der Waals surface area contributed by atoms with Gasteiger partial charge in [-0.3, -0.25) is 5.10 Å². The molecule has 0 aliphatic carbocycles. The molecule has 0 saturated heterocycles. The molecular weight excluding hydrogens is 198 g/mol. The number of H-pyrrole nitrogens is 1. The van der Waals surface area contributed by atoms with Crippen molar-refractivity contribution in [3.8, 4) is 10.4 Å². The van der Waals surface area contributed by atoms with Gasteiger partial charge in [0, 0.05) is 12.0 Å². The lowest BCUT2D eigenvalue weighted by molar-refractivity contribution is 0.182. The number of aromatic amines is 1. The highest BCUT2D eigenvalue weighted by Crippen LogP contribution is 2.31. The van der Waals surface area contributed by atoms with Crippen molar-refractivity contribution in [1.82, 2.24) is 10.2 Å². The van der Waals surface area contributed by atoms with Crippen LogP contribution < -0.4 is 5.73 Å². The molecule has 0 aliphatic heterocycles. The molecule has 2 rings (SSSR count). The molecule has 0 amide bonds. The number of nitrogens with zero attached hydrogens (tertiary/aromatic N) is 1. The second-order valence-electron chi connectivity index (χ2n) is 2.87. The fraction of sp³-hybridized carbons (Fsp3) is 0.222. The Balaban J connectivity index is 2.45. The lowest BCUT2D eigenvalue weighted by Gasteiger charge is -1.99. The van der Waals surface area contributed by atoms with Gasteiger partial charge >= 0.3 is 0 Å². The van der Waals surface area contributed by atoms with Gasteiger partial charge in [-0.2, -0.15) is 5.10 Å². The van der Waals surface area contributed by atoms with Gasteiger partial charge in [0.2, 0.25) is 0 Å². The second kappa shape index (κ2) is 3.81. The van der Waals surface area contributed by atoms with Crippen LogP contribution in [-0.2, 0) is 11.3 Å². The number of anilines is 1. The molecule has 2 aromatic heterocycles. The van der Waals surface area contributed by atoms with E-state index in [0.29, 0.717) is 12.4 Å². The predicted molar refractivity (Wildman–Crippen MR) is 57.0 cm³/mol. The number of rotatable bonds is 3. The molecule has 2 aromatic rings. The Labute approximate surface area is 85.7 Å². The maximum Gasteiger partial charge on any atom is 0.154 e. The van der Waals surface area contributed by atoms with Crippen molar-refractivity contribution in [3.63, 3.8) is 0 Å². The van der Waals surface area contributed by atoms with Crippen molar-refractivity contribution in [1.29, 1.82) is 0 Å². The van der Waals surface area contributed by atoms with Crippen LogP contribution in [0, 0.1) is 0 Å². The first-order valence-electron chi connectivity index (χ1n) is 4.18. The van der Waals surface area contributed by atoms with Gasteiger partial charge in [-0.05, 0) is 11.4 Å². The fourth-order valence-corrected chi connectivity index (χ4v) is 2.15. The molecule has 5 heteroatoms. The van der Waals surface area contributed by atoms with Gasteiger partial charge in [-0.15, -0.1) is 11.3 Å². The molecule has 0 spiro atoms. The lowest BCUT2D eigenvalue weighted by atomic mass is 10.2. The van der Waals surface area contributed by atoms with E-state index in [4.69, 9.17) is 10.5 Å². The van der Waals surface area contributed by atoms with E-state index in [2.05, 4.69) is 10.2 Å². The van der Waals surface area contributed by atoms with Crippen molar-refractivity contribution in [2.24, 2.45) is 0 Å². The zero-order chi connectivity index (χ0) is 9.97. The Morgan fingerprint density at radius 1 is 1.64 bits per heavy atom. The third-order valence-electron chi connectivity index (χ3n) is 1.93. The standard InChI is InChI=1S/C9H11N3OS/c1-13-5-6-8(9(10)12-11-6)7-3-2-4-14-7/h2-4H,5H2,1H3,(H3,10,11,12). The summed E-state index contributed by atoms with van der Waals surface area (Å²) < 4.78 is 5.06. The predicted octanol–water partition coefficient (Wildman–Crippen LogP) is 1.87. The lowest BCUT2D eigenvalue weighted by Crippen LogP contribution is -1.91. The van der Waals surface area contributed by atoms with E-state index < -0.39 is 0 Å². The monoisotopic (exact) mass is 209 g/mol. The number of thiophene rings is 1. The molecule has 74 valence electrons. The van der Waals surface area contributed by atoms with Crippen molar-refractivity contribution < 1.29 is 4.74 Å². The number of hydrogen-bond acceptors (Lipinski definition) is 4. The highest BCUT2D eigenvalue weighted by molar-refractivity contribution is 7.13. The number of nitrogens with two attached hydrogens (primary N) is 1. The van der Waals surface area contributed by atoms with Gasteiger partial charge < -0.3 is 10.5 Å². The average molecular weight is 209 g/mol. The maximum atomic E-state index is 5.77. The van der Waals surface area contributed by atoms with E-state index in [-0.39, 0.29) is 0 Å². The molecule has 0 unspecified atom stereocenters. The van der Waals surface area contributed by atoms with Crippen LogP contribution >= 0.6 is 11.3 Å². The van der Waals surface area contributed by atoms with Crippen LogP contribution in [0.15, 0.2) is 17.5 Å². The molecule has 0 aliphatic rings. The van der Waals surface area contributed by atoms with Crippen LogP contribution in [0.25, 0.3) is 10.4 Å². The molecule has 0 saturated carbocycles. The van der Waals surface area contributed by atoms with E-state index in [9.17, 15) is 0 Å². The molecule has 3 N–H and O–H groups in total. The summed E-state index contributed by atoms with van der Waals surface area (Å²) in [6, 6.07) is 4.01. The largest absolute Gasteiger partial charge is 0.382 e. The highest BCUT2D eigenvalue weighted by Gasteiger charge is 2.13. The number of hydrogen-bond donors (Lipinski definition) is 2. The summed E-state index contributed by atoms with van der Waals surface area (Å²) in [5, 5.41) is 8.85. The van der Waals surface area contributed by atoms with Crippen LogP contribution in [0.5, 0.6) is 0 Å². The van der Waals surface area contributed by atoms with E-state index in [0.717, 1.165) is 16.1 Å². The molecule has 0 bridgehead atoms. The first-order valence-corrected chi connectivity index (χ1v) is 5.06. The van der Waals surface area contributed by atoms with Crippen LogP contribution in [0.1, 0.15) is 5.69 Å². The SMILES string of the molecule is COCc1[nH]nc(N)c1-c1cccs1. The Hall–Kier alpha value is -1.33. The van der Waals surface area contributed by atoms with Crippen LogP contribution in [0.4, 0.5) is 5.82 Å². The number of methoxy groups -OCH3 is 1. The average Bonchev–Trinajstić information content (AvgIpc) is 2.76. The minimum absolute atomic E-state index is 0.497. The zero-order valence-corrected chi connectivity index (χ0v) is 8.60. The van der Waals surface area contributed by atoms with Gasteiger partial charge in [0.1, 0.15) is 0 Å². The summed E-state index contributed by atoms with van der Waals surface area (Å²) in [4.78, 5) is 1.11. The van der Waals surface area contributed by atoms with Crippen molar-refractivity contribution in [2.45, 2.75) is 6.61 Å². The van der Waals surface area contributed by atoms with Gasteiger partial charge in [0.05, 0.1) is 17.9 Å². The molecular formula is C9H11N3OS. The number of nitrogen functional groups attached to an aromatic ring is 1. The third kappa shape index (κ3) is 1.51. The Bertz CT molecular complexity index is 408. The number of ether oxygens (including phenoxy) is 1. The molecule has 0 radical (unpaired) electrons. The smallest absolute Gasteiger partial charge is 0.154 e. The number of nitrogens with one attached hydrogen (secondary N) is 1. The normalized spacial score (nSPS) is 10.6. The minimum atomic E-state index is 0.497. The zero-order valence-electron chi connectivity index (χ0n) is 7.78. The Morgan fingerprint density at radius 2 is 2.50 bits per heavy atom. The quantitative estimate of drug-likeness (QED) is 0.811. The summed E-state index contributed by atoms with van der Waals surface area (Å²) in [5.74, 6) is 0.527. The highest BCUT2D eigenvalue weighted by atomic mass is 32.1. The molecule has 2 heterocycles. The van der Waals surface area contributed by atoms with Gasteiger partial charge in [-0.25, -0.2) is 0 Å². The van der Waals surface area contributed by atoms with Crippen molar-refractivity contribution in [3.05, 3.63) is 23.2 Å². The Morgan fingerprint density at radius 3 is 3.14 bits per heavy atom. The van der Waals surface area contributed by atoms with E-state index in [1.807, 2.05) is 17.5 Å². The summed E-state index contributed by atoms with van der Waals surface area (Å²) in [5.41, 5.74) is 7.66. The molecule has 0 fully saturated rings. The summed E-state index contributed by atoms with van der Waals surface area (Å²) in [6.07, 6.45) is 0. The maximum absolute atomic E-state index is 5.77.